The van der Waals surface area contributed by atoms with Crippen molar-refractivity contribution in [3.63, 3.8) is 0 Å². The highest BCUT2D eigenvalue weighted by Gasteiger charge is 2.19. The number of rotatable bonds is 6. The molecule has 0 spiro atoms. The second kappa shape index (κ2) is 6.77. The van der Waals surface area contributed by atoms with Gasteiger partial charge in [0, 0.05) is 10.5 Å². The first-order chi connectivity index (χ1) is 8.08. The number of aliphatic carboxylic acids is 1. The van der Waals surface area contributed by atoms with Gasteiger partial charge in [-0.05, 0) is 30.7 Å². The van der Waals surface area contributed by atoms with Gasteiger partial charge in [-0.1, -0.05) is 41.9 Å². The van der Waals surface area contributed by atoms with Crippen LogP contribution in [0.2, 0.25) is 0 Å². The van der Waals surface area contributed by atoms with Crippen LogP contribution in [0, 0.1) is 0 Å². The summed E-state index contributed by atoms with van der Waals surface area (Å²) < 4.78 is 1.03. The Bertz CT molecular complexity index is 381. The number of halogens is 1. The second-order valence-electron chi connectivity index (χ2n) is 3.94. The summed E-state index contributed by atoms with van der Waals surface area (Å²) in [4.78, 5) is 12.8. The fourth-order valence-electron chi connectivity index (χ4n) is 2.03. The van der Waals surface area contributed by atoms with Gasteiger partial charge in [0.25, 0.3) is 0 Å². The standard InChI is InChI=1S/C13H18BrNO2/c1-3-12(15(4-2)9-13(16)17)10-6-5-7-11(14)8-10/h5-8,12H,3-4,9H2,1-2H3,(H,16,17). The number of carboxylic acids is 1. The Hall–Kier alpha value is -0.870. The molecular weight excluding hydrogens is 282 g/mol. The Labute approximate surface area is 111 Å². The van der Waals surface area contributed by atoms with Crippen LogP contribution in [0.15, 0.2) is 28.7 Å². The van der Waals surface area contributed by atoms with E-state index in [1.807, 2.05) is 30.0 Å². The van der Waals surface area contributed by atoms with Gasteiger partial charge >= 0.3 is 5.97 Å². The van der Waals surface area contributed by atoms with Crippen molar-refractivity contribution in [1.82, 2.24) is 4.90 Å². The highest BCUT2D eigenvalue weighted by Crippen LogP contribution is 2.26. The van der Waals surface area contributed by atoms with E-state index in [9.17, 15) is 4.79 Å². The minimum absolute atomic E-state index is 0.0848. The summed E-state index contributed by atoms with van der Waals surface area (Å²) in [7, 11) is 0. The molecule has 0 heterocycles. The van der Waals surface area contributed by atoms with E-state index in [0.29, 0.717) is 0 Å². The Morgan fingerprint density at radius 1 is 1.47 bits per heavy atom. The van der Waals surface area contributed by atoms with Crippen molar-refractivity contribution in [2.45, 2.75) is 26.3 Å². The monoisotopic (exact) mass is 299 g/mol. The molecule has 1 aromatic carbocycles. The molecule has 0 radical (unpaired) electrons. The molecule has 0 aliphatic rings. The van der Waals surface area contributed by atoms with Gasteiger partial charge in [-0.25, -0.2) is 0 Å². The molecule has 0 fully saturated rings. The van der Waals surface area contributed by atoms with Crippen LogP contribution >= 0.6 is 15.9 Å². The third-order valence-corrected chi connectivity index (χ3v) is 3.30. The lowest BCUT2D eigenvalue weighted by Gasteiger charge is -2.29. The molecule has 1 N–H and O–H groups in total. The maximum atomic E-state index is 10.8. The van der Waals surface area contributed by atoms with Crippen molar-refractivity contribution in [2.24, 2.45) is 0 Å². The molecule has 0 amide bonds. The SMILES string of the molecule is CCC(c1cccc(Br)c1)N(CC)CC(=O)O. The van der Waals surface area contributed by atoms with Gasteiger partial charge in [-0.15, -0.1) is 0 Å². The Kier molecular flexibility index (Phi) is 5.65. The molecule has 0 aliphatic carbocycles. The van der Waals surface area contributed by atoms with Gasteiger partial charge in [0.15, 0.2) is 0 Å². The quantitative estimate of drug-likeness (QED) is 0.876. The van der Waals surface area contributed by atoms with Crippen LogP contribution in [0.1, 0.15) is 31.9 Å². The van der Waals surface area contributed by atoms with Gasteiger partial charge < -0.3 is 5.11 Å². The summed E-state index contributed by atoms with van der Waals surface area (Å²) in [6, 6.07) is 8.22. The number of carboxylic acid groups (broad SMARTS) is 1. The Morgan fingerprint density at radius 3 is 2.65 bits per heavy atom. The molecule has 4 heteroatoms. The van der Waals surface area contributed by atoms with Crippen molar-refractivity contribution in [2.75, 3.05) is 13.1 Å². The predicted octanol–water partition coefficient (Wildman–Crippen LogP) is 3.31. The lowest BCUT2D eigenvalue weighted by atomic mass is 10.0. The lowest BCUT2D eigenvalue weighted by molar-refractivity contribution is -0.138. The summed E-state index contributed by atoms with van der Waals surface area (Å²) >= 11 is 3.45. The molecule has 0 aliphatic heterocycles. The highest BCUT2D eigenvalue weighted by molar-refractivity contribution is 9.10. The molecule has 1 unspecified atom stereocenters. The maximum absolute atomic E-state index is 10.8. The minimum atomic E-state index is -0.778. The number of hydrogen-bond donors (Lipinski definition) is 1. The maximum Gasteiger partial charge on any atom is 0.317 e. The van der Waals surface area contributed by atoms with Gasteiger partial charge in [0.05, 0.1) is 6.54 Å². The number of benzene rings is 1. The molecule has 0 aromatic heterocycles. The number of likely N-dealkylation sites (N-methyl/N-ethyl adjacent to an activating group) is 1. The highest BCUT2D eigenvalue weighted by atomic mass is 79.9. The summed E-state index contributed by atoms with van der Waals surface area (Å²) in [5, 5.41) is 8.91. The van der Waals surface area contributed by atoms with Gasteiger partial charge in [-0.3, -0.25) is 9.69 Å². The van der Waals surface area contributed by atoms with Crippen LogP contribution in [0.4, 0.5) is 0 Å². The summed E-state index contributed by atoms with van der Waals surface area (Å²) in [6.45, 7) is 4.89. The zero-order valence-electron chi connectivity index (χ0n) is 10.2. The van der Waals surface area contributed by atoms with E-state index in [-0.39, 0.29) is 12.6 Å². The average Bonchev–Trinajstić information content (AvgIpc) is 2.28. The number of hydrogen-bond acceptors (Lipinski definition) is 2. The summed E-state index contributed by atoms with van der Waals surface area (Å²) in [5.41, 5.74) is 1.16. The number of carbonyl (C=O) groups is 1. The van der Waals surface area contributed by atoms with Crippen LogP contribution in [-0.2, 0) is 4.79 Å². The van der Waals surface area contributed by atoms with Crippen LogP contribution in [-0.4, -0.2) is 29.1 Å². The van der Waals surface area contributed by atoms with Crippen LogP contribution in [0.3, 0.4) is 0 Å². The first-order valence-corrected chi connectivity index (χ1v) is 6.59. The zero-order valence-corrected chi connectivity index (χ0v) is 11.8. The molecule has 0 saturated carbocycles. The lowest BCUT2D eigenvalue weighted by Crippen LogP contribution is -2.33. The zero-order chi connectivity index (χ0) is 12.8. The van der Waals surface area contributed by atoms with Crippen LogP contribution in [0.25, 0.3) is 0 Å². The fourth-order valence-corrected chi connectivity index (χ4v) is 2.45. The van der Waals surface area contributed by atoms with Crippen LogP contribution < -0.4 is 0 Å². The predicted molar refractivity (Wildman–Crippen MR) is 72.1 cm³/mol. The largest absolute Gasteiger partial charge is 0.480 e. The summed E-state index contributed by atoms with van der Waals surface area (Å²) in [6.07, 6.45) is 0.900. The van der Waals surface area contributed by atoms with Crippen molar-refractivity contribution >= 4 is 21.9 Å². The average molecular weight is 300 g/mol. The number of nitrogens with zero attached hydrogens (tertiary/aromatic N) is 1. The van der Waals surface area contributed by atoms with E-state index in [0.717, 1.165) is 23.0 Å². The van der Waals surface area contributed by atoms with Crippen molar-refractivity contribution in [3.8, 4) is 0 Å². The van der Waals surface area contributed by atoms with E-state index in [1.54, 1.807) is 0 Å². The molecule has 1 rings (SSSR count). The third kappa shape index (κ3) is 4.13. The fraction of sp³-hybridized carbons (Fsp3) is 0.462. The third-order valence-electron chi connectivity index (χ3n) is 2.81. The van der Waals surface area contributed by atoms with E-state index in [4.69, 9.17) is 5.11 Å². The van der Waals surface area contributed by atoms with E-state index < -0.39 is 5.97 Å². The molecule has 0 saturated heterocycles. The van der Waals surface area contributed by atoms with Crippen molar-refractivity contribution in [3.05, 3.63) is 34.3 Å². The molecule has 94 valence electrons. The molecule has 0 bridgehead atoms. The summed E-state index contributed by atoms with van der Waals surface area (Å²) in [5.74, 6) is -0.778. The van der Waals surface area contributed by atoms with Crippen molar-refractivity contribution < 1.29 is 9.90 Å². The van der Waals surface area contributed by atoms with E-state index in [2.05, 4.69) is 28.9 Å². The molecular formula is C13H18BrNO2. The van der Waals surface area contributed by atoms with E-state index >= 15 is 0 Å². The Balaban J connectivity index is 2.92. The normalized spacial score (nSPS) is 12.7. The topological polar surface area (TPSA) is 40.5 Å². The van der Waals surface area contributed by atoms with Gasteiger partial charge in [-0.2, -0.15) is 0 Å². The molecule has 1 atom stereocenters. The smallest absolute Gasteiger partial charge is 0.317 e. The van der Waals surface area contributed by atoms with Gasteiger partial charge in [0.2, 0.25) is 0 Å². The minimum Gasteiger partial charge on any atom is -0.480 e. The molecule has 1 aromatic rings. The molecule has 17 heavy (non-hydrogen) atoms. The first-order valence-electron chi connectivity index (χ1n) is 5.79. The van der Waals surface area contributed by atoms with Crippen LogP contribution in [0.5, 0.6) is 0 Å². The van der Waals surface area contributed by atoms with Crippen molar-refractivity contribution in [1.29, 1.82) is 0 Å². The second-order valence-corrected chi connectivity index (χ2v) is 4.85. The Morgan fingerprint density at radius 2 is 2.18 bits per heavy atom. The first kappa shape index (κ1) is 14.2. The van der Waals surface area contributed by atoms with E-state index in [1.165, 1.54) is 0 Å². The molecule has 3 nitrogen and oxygen atoms in total. The van der Waals surface area contributed by atoms with Gasteiger partial charge in [0.1, 0.15) is 0 Å².